The molecule has 2 aliphatic carbocycles. The zero-order chi connectivity index (χ0) is 37.2. The van der Waals surface area contributed by atoms with Gasteiger partial charge in [0.15, 0.2) is 0 Å². The molecule has 4 aromatic rings. The van der Waals surface area contributed by atoms with E-state index in [0.717, 1.165) is 21.0 Å². The third-order valence-corrected chi connectivity index (χ3v) is 11.6. The molecular weight excluding hydrogens is 669 g/mol. The van der Waals surface area contributed by atoms with Crippen LogP contribution in [0.15, 0.2) is 121 Å². The van der Waals surface area contributed by atoms with E-state index < -0.39 is 65.8 Å². The van der Waals surface area contributed by atoms with E-state index in [4.69, 9.17) is 0 Å². The van der Waals surface area contributed by atoms with Gasteiger partial charge in [0.2, 0.25) is 11.8 Å². The highest BCUT2D eigenvalue weighted by molar-refractivity contribution is 6.58. The number of aryl methyl sites for hydroxylation is 1. The number of hydrazine groups is 1. The van der Waals surface area contributed by atoms with Crippen LogP contribution < -0.4 is 15.8 Å². The van der Waals surface area contributed by atoms with Gasteiger partial charge in [-0.3, -0.25) is 29.5 Å². The predicted octanol–water partition coefficient (Wildman–Crippen LogP) is 4.30. The maximum Gasteiger partial charge on any atom is 0.488 e. The van der Waals surface area contributed by atoms with Crippen LogP contribution in [0.2, 0.25) is 0 Å². The number of amides is 4. The average molecular weight is 708 g/mol. The lowest BCUT2D eigenvalue weighted by atomic mass is 9.49. The number of para-hydroxylation sites is 1. The minimum atomic E-state index is -1.80. The van der Waals surface area contributed by atoms with Crippen LogP contribution in [0.4, 0.5) is 11.4 Å². The summed E-state index contributed by atoms with van der Waals surface area (Å²) >= 11 is 0. The van der Waals surface area contributed by atoms with Crippen molar-refractivity contribution >= 4 is 47.6 Å². The Morgan fingerprint density at radius 2 is 1.62 bits per heavy atom. The van der Waals surface area contributed by atoms with Crippen LogP contribution in [0.3, 0.4) is 0 Å². The minimum absolute atomic E-state index is 0.0184. The first-order chi connectivity index (χ1) is 25.6. The van der Waals surface area contributed by atoms with Gasteiger partial charge in [-0.15, -0.1) is 6.58 Å². The van der Waals surface area contributed by atoms with Gasteiger partial charge in [-0.1, -0.05) is 96.1 Å². The summed E-state index contributed by atoms with van der Waals surface area (Å²) in [5.74, 6) is -5.92. The van der Waals surface area contributed by atoms with Crippen molar-refractivity contribution < 1.29 is 34.3 Å². The van der Waals surface area contributed by atoms with Crippen LogP contribution in [0.1, 0.15) is 41.0 Å². The highest BCUT2D eigenvalue weighted by Crippen LogP contribution is 2.65. The molecule has 2 aliphatic heterocycles. The Kier molecular flexibility index (Phi) is 8.43. The molecule has 0 bridgehead atoms. The van der Waals surface area contributed by atoms with E-state index in [1.165, 1.54) is 12.1 Å². The lowest BCUT2D eigenvalue weighted by Gasteiger charge is -2.50. The summed E-state index contributed by atoms with van der Waals surface area (Å²) in [5, 5.41) is 32.8. The van der Waals surface area contributed by atoms with Gasteiger partial charge >= 0.3 is 7.12 Å². The molecule has 0 radical (unpaired) electrons. The maximum atomic E-state index is 15.3. The highest BCUT2D eigenvalue weighted by Gasteiger charge is 2.70. The molecule has 2 saturated heterocycles. The number of imide groups is 2. The molecule has 6 atom stereocenters. The van der Waals surface area contributed by atoms with Crippen LogP contribution in [0.5, 0.6) is 5.75 Å². The second-order valence-electron chi connectivity index (χ2n) is 14.4. The molecule has 4 N–H and O–H groups in total. The highest BCUT2D eigenvalue weighted by atomic mass is 16.4. The number of phenols is 1. The summed E-state index contributed by atoms with van der Waals surface area (Å²) in [7, 11) is -1.80. The summed E-state index contributed by atoms with van der Waals surface area (Å²) in [6.07, 6.45) is 4.28. The number of hydrogen-bond acceptors (Lipinski definition) is 8. The van der Waals surface area contributed by atoms with Crippen LogP contribution in [0.25, 0.3) is 0 Å². The first-order valence-electron chi connectivity index (χ1n) is 17.8. The molecule has 10 nitrogen and oxygen atoms in total. The normalized spacial score (nSPS) is 26.2. The van der Waals surface area contributed by atoms with Crippen molar-refractivity contribution in [2.75, 3.05) is 10.3 Å². The molecule has 0 unspecified atom stereocenters. The molecule has 2 heterocycles. The standard InChI is InChI=1S/C42H38BN3O7/c1-3-9-25-10-7-15-32(37(25)47)36-30-20-21-31-35(40(50)45(38(31)48)29-14-8-13-27(22-29)43(52)53)33(30)23-34-39(49)46(44-28-18-16-24(2)17-19-28)41(51)42(34,36)26-11-5-4-6-12-26/h3-8,10-20,22,31,33-36,44,47,52-53H,1,9,21,23H2,2H3/t31-,33+,34-,35-,36+,42+/m0/s1. The number of carbonyl (C=O) groups excluding carboxylic acids is 4. The third kappa shape index (κ3) is 5.17. The van der Waals surface area contributed by atoms with E-state index in [-0.39, 0.29) is 29.7 Å². The van der Waals surface area contributed by atoms with Crippen LogP contribution in [0, 0.1) is 30.6 Å². The molecule has 8 rings (SSSR count). The van der Waals surface area contributed by atoms with Gasteiger partial charge < -0.3 is 15.2 Å². The monoisotopic (exact) mass is 707 g/mol. The van der Waals surface area contributed by atoms with Gasteiger partial charge in [-0.25, -0.2) is 0 Å². The molecule has 1 saturated carbocycles. The maximum absolute atomic E-state index is 15.3. The SMILES string of the molecule is C=CCc1cccc([C@H]2C3=CC[C@@H]4C(=O)N(c5cccc(B(O)O)c5)C(=O)[C@@H]4[C@@H]3C[C@H]3C(=O)N(Nc4ccc(C)cc4)C(=O)[C@@]23c2ccccc2)c1O. The van der Waals surface area contributed by atoms with E-state index in [0.29, 0.717) is 28.8 Å². The summed E-state index contributed by atoms with van der Waals surface area (Å²) < 4.78 is 0. The number of anilines is 2. The Bertz CT molecular complexity index is 2200. The van der Waals surface area contributed by atoms with Gasteiger partial charge in [0.25, 0.3) is 11.8 Å². The number of nitrogens with zero attached hydrogens (tertiary/aromatic N) is 2. The summed E-state index contributed by atoms with van der Waals surface area (Å²) in [4.78, 5) is 60.0. The van der Waals surface area contributed by atoms with E-state index in [1.54, 1.807) is 42.5 Å². The van der Waals surface area contributed by atoms with E-state index in [2.05, 4.69) is 12.0 Å². The van der Waals surface area contributed by atoms with Crippen LogP contribution in [-0.4, -0.2) is 50.9 Å². The van der Waals surface area contributed by atoms with Crippen molar-refractivity contribution in [3.8, 4) is 5.75 Å². The molecule has 0 spiro atoms. The van der Waals surface area contributed by atoms with Crippen molar-refractivity contribution in [2.45, 2.75) is 37.5 Å². The van der Waals surface area contributed by atoms with Crippen molar-refractivity contribution in [3.05, 3.63) is 144 Å². The Morgan fingerprint density at radius 1 is 0.887 bits per heavy atom. The summed E-state index contributed by atoms with van der Waals surface area (Å²) in [5.41, 5.74) is 5.86. The first kappa shape index (κ1) is 34.3. The van der Waals surface area contributed by atoms with Gasteiger partial charge in [0.1, 0.15) is 5.75 Å². The number of rotatable bonds is 8. The Morgan fingerprint density at radius 3 is 2.34 bits per heavy atom. The largest absolute Gasteiger partial charge is 0.507 e. The fraction of sp³-hybridized carbons (Fsp3) is 0.238. The topological polar surface area (TPSA) is 147 Å². The number of aromatic hydroxyl groups is 1. The van der Waals surface area contributed by atoms with Gasteiger partial charge in [0, 0.05) is 11.5 Å². The lowest BCUT2D eigenvalue weighted by molar-refractivity contribution is -0.138. The zero-order valence-corrected chi connectivity index (χ0v) is 29.1. The molecule has 4 amide bonds. The molecule has 3 fully saturated rings. The lowest BCUT2D eigenvalue weighted by Crippen LogP contribution is -2.53. The minimum Gasteiger partial charge on any atom is -0.507 e. The molecule has 53 heavy (non-hydrogen) atoms. The van der Waals surface area contributed by atoms with Crippen molar-refractivity contribution in [1.82, 2.24) is 5.01 Å². The summed E-state index contributed by atoms with van der Waals surface area (Å²) in [6.45, 7) is 5.80. The number of fused-ring (bicyclic) bond motifs is 4. The number of benzene rings is 4. The molecule has 4 aliphatic rings. The number of hydrogen-bond donors (Lipinski definition) is 4. The smallest absolute Gasteiger partial charge is 0.488 e. The van der Waals surface area contributed by atoms with Crippen LogP contribution in [-0.2, 0) is 31.0 Å². The quantitative estimate of drug-likeness (QED) is 0.121. The first-order valence-corrected chi connectivity index (χ1v) is 17.8. The Labute approximate surface area is 307 Å². The molecule has 4 aromatic carbocycles. The third-order valence-electron chi connectivity index (χ3n) is 11.6. The average Bonchev–Trinajstić information content (AvgIpc) is 3.54. The van der Waals surface area contributed by atoms with E-state index in [1.807, 2.05) is 61.5 Å². The van der Waals surface area contributed by atoms with Gasteiger partial charge in [-0.05, 0) is 73.0 Å². The van der Waals surface area contributed by atoms with Gasteiger partial charge in [0.05, 0.1) is 34.5 Å². The summed E-state index contributed by atoms with van der Waals surface area (Å²) in [6, 6.07) is 27.9. The van der Waals surface area contributed by atoms with E-state index >= 15 is 4.79 Å². The van der Waals surface area contributed by atoms with E-state index in [9.17, 15) is 29.5 Å². The second kappa shape index (κ2) is 13.0. The zero-order valence-electron chi connectivity index (χ0n) is 29.1. The number of nitrogens with one attached hydrogen (secondary N) is 1. The number of allylic oxidation sites excluding steroid dienone is 3. The van der Waals surface area contributed by atoms with Crippen molar-refractivity contribution in [1.29, 1.82) is 0 Å². The number of phenolic OH excluding ortho intramolecular Hbond substituents is 1. The molecule has 0 aromatic heterocycles. The van der Waals surface area contributed by atoms with Crippen LogP contribution >= 0.6 is 0 Å². The molecule has 266 valence electrons. The molecular formula is C42H38BN3O7. The molecule has 11 heteroatoms. The number of carbonyl (C=O) groups is 4. The van der Waals surface area contributed by atoms with Crippen molar-refractivity contribution in [2.24, 2.45) is 23.7 Å². The fourth-order valence-corrected chi connectivity index (χ4v) is 9.33. The second-order valence-corrected chi connectivity index (χ2v) is 14.4. The fourth-order valence-electron chi connectivity index (χ4n) is 9.33. The Hall–Kier alpha value is -5.78. The van der Waals surface area contributed by atoms with Crippen molar-refractivity contribution in [3.63, 3.8) is 0 Å². The predicted molar refractivity (Wildman–Crippen MR) is 200 cm³/mol. The van der Waals surface area contributed by atoms with Gasteiger partial charge in [-0.2, -0.15) is 5.01 Å². The Balaban J connectivity index is 1.32.